The lowest BCUT2D eigenvalue weighted by Crippen LogP contribution is -2.11. The molecule has 0 unspecified atom stereocenters. The summed E-state index contributed by atoms with van der Waals surface area (Å²) in [6.45, 7) is 5.70. The van der Waals surface area contributed by atoms with E-state index < -0.39 is 10.0 Å². The van der Waals surface area contributed by atoms with Crippen molar-refractivity contribution in [2.45, 2.75) is 27.2 Å². The molecule has 0 saturated carbocycles. The maximum atomic E-state index is 11.8. The molecule has 0 radical (unpaired) electrons. The molecular formula is C22H26N4O4S. The number of sulfonamides is 1. The van der Waals surface area contributed by atoms with E-state index in [2.05, 4.69) is 19.7 Å². The Kier molecular flexibility index (Phi) is 6.45. The van der Waals surface area contributed by atoms with Gasteiger partial charge in [-0.1, -0.05) is 6.92 Å². The average Bonchev–Trinajstić information content (AvgIpc) is 2.73. The van der Waals surface area contributed by atoms with Crippen molar-refractivity contribution in [3.8, 4) is 33.9 Å². The van der Waals surface area contributed by atoms with Gasteiger partial charge in [-0.15, -0.1) is 0 Å². The largest absolute Gasteiger partial charge is 0.493 e. The molecule has 8 nitrogen and oxygen atoms in total. The van der Waals surface area contributed by atoms with Gasteiger partial charge in [-0.3, -0.25) is 9.71 Å². The molecule has 0 aliphatic rings. The Morgan fingerprint density at radius 1 is 1.06 bits per heavy atom. The number of aryl methyl sites for hydroxylation is 2. The number of anilines is 1. The van der Waals surface area contributed by atoms with Crippen LogP contribution in [0.3, 0.4) is 0 Å². The van der Waals surface area contributed by atoms with Gasteiger partial charge in [0, 0.05) is 28.5 Å². The number of nitrogens with one attached hydrogen (secondary N) is 1. The fourth-order valence-corrected chi connectivity index (χ4v) is 4.11. The van der Waals surface area contributed by atoms with E-state index in [1.807, 2.05) is 26.0 Å². The molecule has 0 aliphatic heterocycles. The van der Waals surface area contributed by atoms with Crippen LogP contribution in [0.25, 0.3) is 22.4 Å². The lowest BCUT2D eigenvalue weighted by molar-refractivity contribution is 0.353. The van der Waals surface area contributed by atoms with Gasteiger partial charge >= 0.3 is 0 Å². The summed E-state index contributed by atoms with van der Waals surface area (Å²) in [5.41, 5.74) is 5.79. The lowest BCUT2D eigenvalue weighted by Gasteiger charge is -2.18. The second-order valence-electron chi connectivity index (χ2n) is 7.10. The minimum Gasteiger partial charge on any atom is -0.493 e. The van der Waals surface area contributed by atoms with E-state index in [4.69, 9.17) is 9.47 Å². The first kappa shape index (κ1) is 22.5. The summed E-state index contributed by atoms with van der Waals surface area (Å²) in [5, 5.41) is 0. The van der Waals surface area contributed by atoms with Crippen molar-refractivity contribution >= 4 is 15.7 Å². The van der Waals surface area contributed by atoms with Crippen LogP contribution in [0.1, 0.15) is 23.9 Å². The molecule has 31 heavy (non-hydrogen) atoms. The Morgan fingerprint density at radius 3 is 2.42 bits per heavy atom. The predicted molar refractivity (Wildman–Crippen MR) is 121 cm³/mol. The van der Waals surface area contributed by atoms with Gasteiger partial charge in [0.05, 0.1) is 43.2 Å². The van der Waals surface area contributed by atoms with Crippen LogP contribution in [0, 0.1) is 13.8 Å². The number of nitrogens with zero attached hydrogens (tertiary/aromatic N) is 3. The number of aromatic nitrogens is 3. The normalized spacial score (nSPS) is 11.3. The zero-order valence-corrected chi connectivity index (χ0v) is 19.3. The fourth-order valence-electron chi connectivity index (χ4n) is 3.51. The molecule has 3 aromatic rings. The van der Waals surface area contributed by atoms with Crippen molar-refractivity contribution in [3.05, 3.63) is 47.7 Å². The predicted octanol–water partition coefficient (Wildman–Crippen LogP) is 3.77. The third-order valence-corrected chi connectivity index (χ3v) is 5.57. The molecule has 0 amide bonds. The third-order valence-electron chi connectivity index (χ3n) is 4.98. The van der Waals surface area contributed by atoms with Crippen LogP contribution in [0.15, 0.2) is 30.7 Å². The van der Waals surface area contributed by atoms with Gasteiger partial charge in [-0.2, -0.15) is 0 Å². The molecule has 0 saturated heterocycles. The monoisotopic (exact) mass is 442 g/mol. The molecule has 3 rings (SSSR count). The summed E-state index contributed by atoms with van der Waals surface area (Å²) in [6.07, 6.45) is 5.02. The Balaban J connectivity index is 2.29. The number of ether oxygens (including phenoxy) is 2. The first-order valence-corrected chi connectivity index (χ1v) is 11.6. The SMILES string of the molecule is CCc1ncnc(-c2ccc(OC)c(OC)c2C)c1-c1cnc(C)c(NS(C)(=O)=O)c1. The first-order valence-electron chi connectivity index (χ1n) is 9.70. The fraction of sp³-hybridized carbons (Fsp3) is 0.318. The summed E-state index contributed by atoms with van der Waals surface area (Å²) in [7, 11) is -0.261. The van der Waals surface area contributed by atoms with Crippen LogP contribution in [0.5, 0.6) is 11.5 Å². The zero-order valence-electron chi connectivity index (χ0n) is 18.5. The summed E-state index contributed by atoms with van der Waals surface area (Å²) in [5.74, 6) is 1.26. The van der Waals surface area contributed by atoms with Crippen LogP contribution >= 0.6 is 0 Å². The maximum absolute atomic E-state index is 11.8. The Morgan fingerprint density at radius 2 is 1.81 bits per heavy atom. The van der Waals surface area contributed by atoms with Crippen molar-refractivity contribution in [3.63, 3.8) is 0 Å². The van der Waals surface area contributed by atoms with Crippen molar-refractivity contribution in [1.29, 1.82) is 0 Å². The quantitative estimate of drug-likeness (QED) is 0.594. The molecule has 0 bridgehead atoms. The van der Waals surface area contributed by atoms with Gasteiger partial charge < -0.3 is 9.47 Å². The van der Waals surface area contributed by atoms with Crippen LogP contribution in [0.2, 0.25) is 0 Å². The zero-order chi connectivity index (χ0) is 22.8. The second-order valence-corrected chi connectivity index (χ2v) is 8.85. The van der Waals surface area contributed by atoms with Gasteiger partial charge in [-0.05, 0) is 38.5 Å². The number of methoxy groups -OCH3 is 2. The van der Waals surface area contributed by atoms with Gasteiger partial charge in [0.2, 0.25) is 10.0 Å². The summed E-state index contributed by atoms with van der Waals surface area (Å²) in [6, 6.07) is 5.53. The van der Waals surface area contributed by atoms with Gasteiger partial charge in [0.15, 0.2) is 11.5 Å². The minimum absolute atomic E-state index is 0.417. The van der Waals surface area contributed by atoms with E-state index in [9.17, 15) is 8.42 Å². The van der Waals surface area contributed by atoms with E-state index in [1.165, 1.54) is 6.33 Å². The van der Waals surface area contributed by atoms with Crippen molar-refractivity contribution in [2.75, 3.05) is 25.2 Å². The smallest absolute Gasteiger partial charge is 0.229 e. The highest BCUT2D eigenvalue weighted by Gasteiger charge is 2.20. The molecule has 2 heterocycles. The molecule has 2 aromatic heterocycles. The standard InChI is InChI=1S/C22H26N4O4S/c1-7-17-20(15-10-18(14(3)23-11-15)26-31(6,27)28)21(25-12-24-17)16-8-9-19(29-4)22(30-5)13(16)2/h8-12,26H,7H2,1-6H3. The van der Waals surface area contributed by atoms with E-state index in [0.29, 0.717) is 35.0 Å². The molecule has 0 fully saturated rings. The average molecular weight is 443 g/mol. The second kappa shape index (κ2) is 8.89. The molecular weight excluding hydrogens is 416 g/mol. The molecule has 1 N–H and O–H groups in total. The van der Waals surface area contributed by atoms with Crippen LogP contribution in [0.4, 0.5) is 5.69 Å². The topological polar surface area (TPSA) is 103 Å². The molecule has 164 valence electrons. The Labute approximate surface area is 182 Å². The first-order chi connectivity index (χ1) is 14.7. The summed E-state index contributed by atoms with van der Waals surface area (Å²) >= 11 is 0. The Bertz CT molecular complexity index is 1230. The van der Waals surface area contributed by atoms with Crippen LogP contribution < -0.4 is 14.2 Å². The lowest BCUT2D eigenvalue weighted by atomic mass is 9.94. The van der Waals surface area contributed by atoms with E-state index in [1.54, 1.807) is 33.4 Å². The number of hydrogen-bond acceptors (Lipinski definition) is 7. The van der Waals surface area contributed by atoms with Crippen molar-refractivity contribution in [2.24, 2.45) is 0 Å². The molecule has 9 heteroatoms. The van der Waals surface area contributed by atoms with Gasteiger partial charge in [0.1, 0.15) is 6.33 Å². The molecule has 0 atom stereocenters. The van der Waals surface area contributed by atoms with Gasteiger partial charge in [-0.25, -0.2) is 18.4 Å². The number of rotatable bonds is 7. The van der Waals surface area contributed by atoms with E-state index in [-0.39, 0.29) is 0 Å². The highest BCUT2D eigenvalue weighted by molar-refractivity contribution is 7.92. The molecule has 1 aromatic carbocycles. The highest BCUT2D eigenvalue weighted by Crippen LogP contribution is 2.41. The summed E-state index contributed by atoms with van der Waals surface area (Å²) in [4.78, 5) is 13.4. The highest BCUT2D eigenvalue weighted by atomic mass is 32.2. The summed E-state index contributed by atoms with van der Waals surface area (Å²) < 4.78 is 37.1. The number of pyridine rings is 1. The minimum atomic E-state index is -3.45. The third kappa shape index (κ3) is 4.61. The molecule has 0 aliphatic carbocycles. The van der Waals surface area contributed by atoms with Crippen molar-refractivity contribution < 1.29 is 17.9 Å². The van der Waals surface area contributed by atoms with Crippen LogP contribution in [-0.2, 0) is 16.4 Å². The number of hydrogen-bond donors (Lipinski definition) is 1. The van der Waals surface area contributed by atoms with Crippen LogP contribution in [-0.4, -0.2) is 43.8 Å². The van der Waals surface area contributed by atoms with E-state index >= 15 is 0 Å². The number of benzene rings is 1. The van der Waals surface area contributed by atoms with Crippen molar-refractivity contribution in [1.82, 2.24) is 15.0 Å². The Hall–Kier alpha value is -3.20. The molecule has 0 spiro atoms. The van der Waals surface area contributed by atoms with Gasteiger partial charge in [0.25, 0.3) is 0 Å². The van der Waals surface area contributed by atoms with E-state index in [0.717, 1.165) is 34.2 Å². The maximum Gasteiger partial charge on any atom is 0.229 e.